The minimum absolute atomic E-state index is 0.195. The van der Waals surface area contributed by atoms with E-state index in [1.165, 1.54) is 16.8 Å². The summed E-state index contributed by atoms with van der Waals surface area (Å²) < 4.78 is 5.71. The Labute approximate surface area is 133 Å². The summed E-state index contributed by atoms with van der Waals surface area (Å²) in [6.07, 6.45) is 0.195. The van der Waals surface area contributed by atoms with Gasteiger partial charge in [-0.2, -0.15) is 0 Å². The van der Waals surface area contributed by atoms with Gasteiger partial charge in [-0.3, -0.25) is 0 Å². The second kappa shape index (κ2) is 7.74. The van der Waals surface area contributed by atoms with Gasteiger partial charge >= 0.3 is 0 Å². The lowest BCUT2D eigenvalue weighted by molar-refractivity contribution is 0.242. The Kier molecular flexibility index (Phi) is 5.70. The lowest BCUT2D eigenvalue weighted by Crippen LogP contribution is -2.15. The Balaban J connectivity index is 1.84. The molecule has 22 heavy (non-hydrogen) atoms. The molecule has 0 heterocycles. The van der Waals surface area contributed by atoms with Gasteiger partial charge in [-0.05, 0) is 51.0 Å². The number of nitrogens with one attached hydrogen (secondary N) is 2. The molecule has 0 unspecified atom stereocenters. The topological polar surface area (TPSA) is 33.3 Å². The van der Waals surface area contributed by atoms with Gasteiger partial charge in [-0.25, -0.2) is 0 Å². The number of hydrogen-bond acceptors (Lipinski definition) is 3. The highest BCUT2D eigenvalue weighted by Gasteiger charge is 2.01. The Morgan fingerprint density at radius 3 is 2.23 bits per heavy atom. The first-order chi connectivity index (χ1) is 10.6. The number of anilines is 2. The summed E-state index contributed by atoms with van der Waals surface area (Å²) >= 11 is 0. The fourth-order valence-electron chi connectivity index (χ4n) is 2.44. The van der Waals surface area contributed by atoms with E-state index in [4.69, 9.17) is 4.74 Å². The van der Waals surface area contributed by atoms with Gasteiger partial charge in [0.1, 0.15) is 5.75 Å². The highest BCUT2D eigenvalue weighted by Crippen LogP contribution is 2.20. The van der Waals surface area contributed by atoms with Crippen LogP contribution >= 0.6 is 0 Å². The Bertz CT molecular complexity index is 588. The van der Waals surface area contributed by atoms with E-state index in [0.717, 1.165) is 24.5 Å². The molecule has 0 spiro atoms. The standard InChI is InChI=1S/C19H26N2O/c1-14(2)22-18-10-6-9-17(13-18)20-11-12-21-19-15(3)7-5-8-16(19)4/h5-10,13-14,20-21H,11-12H2,1-4H3. The highest BCUT2D eigenvalue weighted by molar-refractivity contribution is 5.56. The molecule has 2 aromatic rings. The van der Waals surface area contributed by atoms with Crippen molar-refractivity contribution in [2.75, 3.05) is 23.7 Å². The molecule has 0 radical (unpaired) electrons. The average molecular weight is 298 g/mol. The quantitative estimate of drug-likeness (QED) is 0.732. The Hall–Kier alpha value is -2.16. The lowest BCUT2D eigenvalue weighted by atomic mass is 10.1. The van der Waals surface area contributed by atoms with E-state index in [1.807, 2.05) is 32.0 Å². The van der Waals surface area contributed by atoms with Crippen LogP contribution in [0.25, 0.3) is 0 Å². The van der Waals surface area contributed by atoms with E-state index < -0.39 is 0 Å². The van der Waals surface area contributed by atoms with E-state index in [1.54, 1.807) is 0 Å². The maximum atomic E-state index is 5.71. The van der Waals surface area contributed by atoms with Crippen molar-refractivity contribution in [3.05, 3.63) is 53.6 Å². The van der Waals surface area contributed by atoms with E-state index in [-0.39, 0.29) is 6.10 Å². The zero-order chi connectivity index (χ0) is 15.9. The molecule has 3 heteroatoms. The second-order valence-corrected chi connectivity index (χ2v) is 5.81. The van der Waals surface area contributed by atoms with Crippen LogP contribution in [0.15, 0.2) is 42.5 Å². The summed E-state index contributed by atoms with van der Waals surface area (Å²) in [6.45, 7) is 10.1. The molecule has 0 aliphatic rings. The molecule has 0 aromatic heterocycles. The molecule has 118 valence electrons. The average Bonchev–Trinajstić information content (AvgIpc) is 2.45. The molecular formula is C19H26N2O. The Morgan fingerprint density at radius 2 is 1.55 bits per heavy atom. The first-order valence-corrected chi connectivity index (χ1v) is 7.87. The van der Waals surface area contributed by atoms with Crippen LogP contribution in [-0.4, -0.2) is 19.2 Å². The highest BCUT2D eigenvalue weighted by atomic mass is 16.5. The summed E-state index contributed by atoms with van der Waals surface area (Å²) in [7, 11) is 0. The zero-order valence-corrected chi connectivity index (χ0v) is 13.9. The molecule has 0 aliphatic carbocycles. The van der Waals surface area contributed by atoms with Gasteiger partial charge < -0.3 is 15.4 Å². The largest absolute Gasteiger partial charge is 0.491 e. The first kappa shape index (κ1) is 16.2. The maximum absolute atomic E-state index is 5.71. The predicted molar refractivity (Wildman–Crippen MR) is 95.1 cm³/mol. The summed E-state index contributed by atoms with van der Waals surface area (Å²) in [5.41, 5.74) is 4.89. The zero-order valence-electron chi connectivity index (χ0n) is 13.9. The van der Waals surface area contributed by atoms with Gasteiger partial charge in [0.25, 0.3) is 0 Å². The van der Waals surface area contributed by atoms with Crippen LogP contribution in [0.2, 0.25) is 0 Å². The summed E-state index contributed by atoms with van der Waals surface area (Å²) in [6, 6.07) is 14.5. The molecule has 0 saturated heterocycles. The molecule has 2 rings (SSSR count). The van der Waals surface area contributed by atoms with Crippen molar-refractivity contribution in [2.45, 2.75) is 33.8 Å². The number of para-hydroxylation sites is 1. The fraction of sp³-hybridized carbons (Fsp3) is 0.368. The van der Waals surface area contributed by atoms with E-state index in [0.29, 0.717) is 0 Å². The summed E-state index contributed by atoms with van der Waals surface area (Å²) in [5.74, 6) is 0.905. The lowest BCUT2D eigenvalue weighted by Gasteiger charge is -2.14. The number of aryl methyl sites for hydroxylation is 2. The third-order valence-corrected chi connectivity index (χ3v) is 3.44. The molecule has 0 atom stereocenters. The van der Waals surface area contributed by atoms with Gasteiger partial charge in [-0.15, -0.1) is 0 Å². The van der Waals surface area contributed by atoms with Crippen molar-refractivity contribution in [3.8, 4) is 5.75 Å². The van der Waals surface area contributed by atoms with Crippen LogP contribution in [0.4, 0.5) is 11.4 Å². The van der Waals surface area contributed by atoms with E-state index in [9.17, 15) is 0 Å². The van der Waals surface area contributed by atoms with E-state index in [2.05, 4.69) is 48.7 Å². The maximum Gasteiger partial charge on any atom is 0.121 e. The van der Waals surface area contributed by atoms with Crippen LogP contribution in [0, 0.1) is 13.8 Å². The van der Waals surface area contributed by atoms with Gasteiger partial charge in [0.15, 0.2) is 0 Å². The van der Waals surface area contributed by atoms with Crippen LogP contribution < -0.4 is 15.4 Å². The number of ether oxygens (including phenoxy) is 1. The third-order valence-electron chi connectivity index (χ3n) is 3.44. The molecule has 0 fully saturated rings. The first-order valence-electron chi connectivity index (χ1n) is 7.87. The second-order valence-electron chi connectivity index (χ2n) is 5.81. The smallest absolute Gasteiger partial charge is 0.121 e. The van der Waals surface area contributed by atoms with Gasteiger partial charge in [-0.1, -0.05) is 24.3 Å². The van der Waals surface area contributed by atoms with Crippen molar-refractivity contribution in [1.29, 1.82) is 0 Å². The molecule has 2 aromatic carbocycles. The molecule has 0 saturated carbocycles. The van der Waals surface area contributed by atoms with Crippen LogP contribution in [0.5, 0.6) is 5.75 Å². The number of benzene rings is 2. The van der Waals surface area contributed by atoms with Gasteiger partial charge in [0.05, 0.1) is 6.10 Å². The van der Waals surface area contributed by atoms with Crippen molar-refractivity contribution >= 4 is 11.4 Å². The predicted octanol–water partition coefficient (Wildman–Crippen LogP) is 4.61. The van der Waals surface area contributed by atoms with Crippen molar-refractivity contribution in [3.63, 3.8) is 0 Å². The van der Waals surface area contributed by atoms with Crippen LogP contribution in [0.3, 0.4) is 0 Å². The van der Waals surface area contributed by atoms with Gasteiger partial charge in [0.2, 0.25) is 0 Å². The molecule has 3 nitrogen and oxygen atoms in total. The third kappa shape index (κ3) is 4.69. The molecule has 0 bridgehead atoms. The monoisotopic (exact) mass is 298 g/mol. The molecule has 0 amide bonds. The number of rotatable bonds is 7. The SMILES string of the molecule is Cc1cccc(C)c1NCCNc1cccc(OC(C)C)c1. The fourth-order valence-corrected chi connectivity index (χ4v) is 2.44. The van der Waals surface area contributed by atoms with Crippen molar-refractivity contribution in [2.24, 2.45) is 0 Å². The molecule has 0 aliphatic heterocycles. The number of hydrogen-bond donors (Lipinski definition) is 2. The van der Waals surface area contributed by atoms with Crippen LogP contribution in [0.1, 0.15) is 25.0 Å². The minimum atomic E-state index is 0.195. The molecule has 2 N–H and O–H groups in total. The molecular weight excluding hydrogens is 272 g/mol. The van der Waals surface area contributed by atoms with E-state index >= 15 is 0 Å². The minimum Gasteiger partial charge on any atom is -0.491 e. The van der Waals surface area contributed by atoms with Crippen molar-refractivity contribution < 1.29 is 4.74 Å². The van der Waals surface area contributed by atoms with Crippen molar-refractivity contribution in [1.82, 2.24) is 0 Å². The van der Waals surface area contributed by atoms with Crippen LogP contribution in [-0.2, 0) is 0 Å². The summed E-state index contributed by atoms with van der Waals surface area (Å²) in [5, 5.41) is 6.93. The normalized spacial score (nSPS) is 10.6. The van der Waals surface area contributed by atoms with Gasteiger partial charge in [0, 0.05) is 30.5 Å². The Morgan fingerprint density at radius 1 is 0.909 bits per heavy atom. The summed E-state index contributed by atoms with van der Waals surface area (Å²) in [4.78, 5) is 0.